The van der Waals surface area contributed by atoms with Crippen LogP contribution in [0.1, 0.15) is 23.2 Å². The highest BCUT2D eigenvalue weighted by Crippen LogP contribution is 2.23. The summed E-state index contributed by atoms with van der Waals surface area (Å²) in [6.07, 6.45) is 0.807. The third kappa shape index (κ3) is 3.72. The number of piperidine rings is 1. The zero-order valence-electron chi connectivity index (χ0n) is 11.4. The van der Waals surface area contributed by atoms with E-state index in [9.17, 15) is 14.4 Å². The van der Waals surface area contributed by atoms with Gasteiger partial charge in [0.2, 0.25) is 11.8 Å². The van der Waals surface area contributed by atoms with Gasteiger partial charge in [-0.3, -0.25) is 9.59 Å². The lowest BCUT2D eigenvalue weighted by Gasteiger charge is -2.22. The summed E-state index contributed by atoms with van der Waals surface area (Å²) in [4.78, 5) is 35.0. The number of rotatable bonds is 3. The van der Waals surface area contributed by atoms with E-state index in [4.69, 9.17) is 11.6 Å². The van der Waals surface area contributed by atoms with Crippen molar-refractivity contribution >= 4 is 35.1 Å². The number of carbonyl (C=O) groups excluding carboxylic acids is 3. The molecule has 0 radical (unpaired) electrons. The molecule has 1 aromatic rings. The highest BCUT2D eigenvalue weighted by molar-refractivity contribution is 6.31. The number of benzene rings is 1. The van der Waals surface area contributed by atoms with Gasteiger partial charge in [0.15, 0.2) is 0 Å². The van der Waals surface area contributed by atoms with E-state index in [1.807, 2.05) is 0 Å². The van der Waals surface area contributed by atoms with Crippen LogP contribution >= 0.6 is 11.6 Å². The first-order valence-electron chi connectivity index (χ1n) is 6.46. The predicted octanol–water partition coefficient (Wildman–Crippen LogP) is 1.59. The minimum Gasteiger partial charge on any atom is -0.465 e. The Morgan fingerprint density at radius 1 is 1.43 bits per heavy atom. The molecule has 1 fully saturated rings. The zero-order chi connectivity index (χ0) is 15.4. The molecule has 1 aromatic carbocycles. The van der Waals surface area contributed by atoms with Crippen LogP contribution in [0, 0.1) is 5.92 Å². The van der Waals surface area contributed by atoms with Gasteiger partial charge in [-0.1, -0.05) is 11.6 Å². The van der Waals surface area contributed by atoms with Crippen molar-refractivity contribution in [1.29, 1.82) is 0 Å². The highest BCUT2D eigenvalue weighted by Gasteiger charge is 2.25. The van der Waals surface area contributed by atoms with E-state index < -0.39 is 5.97 Å². The molecule has 2 N–H and O–H groups in total. The van der Waals surface area contributed by atoms with Crippen molar-refractivity contribution in [2.75, 3.05) is 19.0 Å². The molecular formula is C14H15ClN2O4. The number of hydrogen-bond acceptors (Lipinski definition) is 4. The Bertz CT molecular complexity index is 578. The molecule has 0 aliphatic carbocycles. The summed E-state index contributed by atoms with van der Waals surface area (Å²) in [7, 11) is 1.26. The van der Waals surface area contributed by atoms with Gasteiger partial charge in [-0.25, -0.2) is 4.79 Å². The second kappa shape index (κ2) is 6.58. The Labute approximate surface area is 126 Å². The second-order valence-electron chi connectivity index (χ2n) is 4.71. The molecule has 7 heteroatoms. The topological polar surface area (TPSA) is 84.5 Å². The third-order valence-electron chi connectivity index (χ3n) is 3.28. The fourth-order valence-corrected chi connectivity index (χ4v) is 2.27. The highest BCUT2D eigenvalue weighted by atomic mass is 35.5. The SMILES string of the molecule is COC(=O)c1cc(Cl)ccc1NC(=O)C1CCC(=O)NC1. The molecule has 0 bridgehead atoms. The molecule has 2 amide bonds. The predicted molar refractivity (Wildman–Crippen MR) is 77.2 cm³/mol. The minimum atomic E-state index is -0.579. The molecule has 1 unspecified atom stereocenters. The summed E-state index contributed by atoms with van der Waals surface area (Å²) >= 11 is 5.85. The Hall–Kier alpha value is -2.08. The van der Waals surface area contributed by atoms with Crippen molar-refractivity contribution in [3.05, 3.63) is 28.8 Å². The summed E-state index contributed by atoms with van der Waals surface area (Å²) in [5.41, 5.74) is 0.534. The monoisotopic (exact) mass is 310 g/mol. The van der Waals surface area contributed by atoms with Crippen LogP contribution in [0.2, 0.25) is 5.02 Å². The van der Waals surface area contributed by atoms with Gasteiger partial charge in [-0.05, 0) is 24.6 Å². The summed E-state index contributed by atoms with van der Waals surface area (Å²) < 4.78 is 4.67. The van der Waals surface area contributed by atoms with Crippen LogP contribution in [0.25, 0.3) is 0 Å². The van der Waals surface area contributed by atoms with E-state index in [0.717, 1.165) is 0 Å². The Kier molecular flexibility index (Phi) is 4.80. The van der Waals surface area contributed by atoms with Gasteiger partial charge >= 0.3 is 5.97 Å². The van der Waals surface area contributed by atoms with Crippen LogP contribution in [-0.2, 0) is 14.3 Å². The van der Waals surface area contributed by atoms with Crippen molar-refractivity contribution < 1.29 is 19.1 Å². The fourth-order valence-electron chi connectivity index (χ4n) is 2.10. The standard InChI is InChI=1S/C14H15ClN2O4/c1-21-14(20)10-6-9(15)3-4-11(10)17-13(19)8-2-5-12(18)16-7-8/h3-4,6,8H,2,5,7H2,1H3,(H,16,18)(H,17,19). The first-order valence-corrected chi connectivity index (χ1v) is 6.84. The number of carbonyl (C=O) groups is 3. The van der Waals surface area contributed by atoms with Gasteiger partial charge < -0.3 is 15.4 Å². The van der Waals surface area contributed by atoms with Gasteiger partial charge in [0.05, 0.1) is 24.3 Å². The average molecular weight is 311 g/mol. The van der Waals surface area contributed by atoms with Crippen molar-refractivity contribution in [2.45, 2.75) is 12.8 Å². The maximum absolute atomic E-state index is 12.2. The average Bonchev–Trinajstić information content (AvgIpc) is 2.48. The van der Waals surface area contributed by atoms with Gasteiger partial charge in [-0.2, -0.15) is 0 Å². The molecule has 2 rings (SSSR count). The molecular weight excluding hydrogens is 296 g/mol. The number of nitrogens with one attached hydrogen (secondary N) is 2. The Morgan fingerprint density at radius 3 is 2.81 bits per heavy atom. The van der Waals surface area contributed by atoms with Crippen LogP contribution in [0.3, 0.4) is 0 Å². The molecule has 21 heavy (non-hydrogen) atoms. The number of hydrogen-bond donors (Lipinski definition) is 2. The van der Waals surface area contributed by atoms with Crippen molar-refractivity contribution in [1.82, 2.24) is 5.32 Å². The van der Waals surface area contributed by atoms with Gasteiger partial charge in [-0.15, -0.1) is 0 Å². The number of halogens is 1. The molecule has 0 spiro atoms. The van der Waals surface area contributed by atoms with E-state index in [-0.39, 0.29) is 23.3 Å². The van der Waals surface area contributed by atoms with Gasteiger partial charge in [0.1, 0.15) is 0 Å². The zero-order valence-corrected chi connectivity index (χ0v) is 12.2. The second-order valence-corrected chi connectivity index (χ2v) is 5.15. The molecule has 1 heterocycles. The molecule has 112 valence electrons. The molecule has 1 atom stereocenters. The summed E-state index contributed by atoms with van der Waals surface area (Å²) in [6.45, 7) is 0.297. The molecule has 1 aliphatic heterocycles. The number of amides is 2. The molecule has 0 saturated carbocycles. The summed E-state index contributed by atoms with van der Waals surface area (Å²) in [5.74, 6) is -1.20. The summed E-state index contributed by atoms with van der Waals surface area (Å²) in [6, 6.07) is 4.56. The first-order chi connectivity index (χ1) is 10.0. The van der Waals surface area contributed by atoms with Crippen molar-refractivity contribution in [3.63, 3.8) is 0 Å². The van der Waals surface area contributed by atoms with Crippen LogP contribution < -0.4 is 10.6 Å². The van der Waals surface area contributed by atoms with E-state index in [0.29, 0.717) is 30.1 Å². The van der Waals surface area contributed by atoms with Crippen LogP contribution in [-0.4, -0.2) is 31.4 Å². The van der Waals surface area contributed by atoms with E-state index in [2.05, 4.69) is 15.4 Å². The number of methoxy groups -OCH3 is 1. The molecule has 6 nitrogen and oxygen atoms in total. The Morgan fingerprint density at radius 2 is 2.19 bits per heavy atom. The van der Waals surface area contributed by atoms with Crippen molar-refractivity contribution in [2.24, 2.45) is 5.92 Å². The smallest absolute Gasteiger partial charge is 0.340 e. The third-order valence-corrected chi connectivity index (χ3v) is 3.52. The summed E-state index contributed by atoms with van der Waals surface area (Å²) in [5, 5.41) is 5.71. The van der Waals surface area contributed by atoms with Crippen LogP contribution in [0.15, 0.2) is 18.2 Å². The molecule has 1 aliphatic rings. The van der Waals surface area contributed by atoms with Gasteiger partial charge in [0, 0.05) is 18.0 Å². The lowest BCUT2D eigenvalue weighted by atomic mass is 9.98. The fraction of sp³-hybridized carbons (Fsp3) is 0.357. The quantitative estimate of drug-likeness (QED) is 0.830. The van der Waals surface area contributed by atoms with E-state index in [1.165, 1.54) is 13.2 Å². The van der Waals surface area contributed by atoms with Crippen molar-refractivity contribution in [3.8, 4) is 0 Å². The lowest BCUT2D eigenvalue weighted by Crippen LogP contribution is -2.40. The number of ether oxygens (including phenoxy) is 1. The van der Waals surface area contributed by atoms with Crippen LogP contribution in [0.5, 0.6) is 0 Å². The minimum absolute atomic E-state index is 0.0548. The number of esters is 1. The maximum Gasteiger partial charge on any atom is 0.340 e. The van der Waals surface area contributed by atoms with E-state index in [1.54, 1.807) is 12.1 Å². The number of anilines is 1. The van der Waals surface area contributed by atoms with Gasteiger partial charge in [0.25, 0.3) is 0 Å². The normalized spacial score (nSPS) is 17.8. The maximum atomic E-state index is 12.2. The molecule has 1 saturated heterocycles. The van der Waals surface area contributed by atoms with E-state index >= 15 is 0 Å². The molecule has 0 aromatic heterocycles. The largest absolute Gasteiger partial charge is 0.465 e. The lowest BCUT2D eigenvalue weighted by molar-refractivity contribution is -0.126. The van der Waals surface area contributed by atoms with Crippen LogP contribution in [0.4, 0.5) is 5.69 Å². The first kappa shape index (κ1) is 15.3. The Balaban J connectivity index is 2.13.